The number of rotatable bonds is 4. The Bertz CT molecular complexity index is 473. The average Bonchev–Trinajstić information content (AvgIpc) is 2.80. The molecule has 2 rings (SSSR count). The van der Waals surface area contributed by atoms with Crippen LogP contribution in [0.3, 0.4) is 0 Å². The molecule has 0 aliphatic carbocycles. The first kappa shape index (κ1) is 15.6. The molecule has 0 N–H and O–H groups in total. The van der Waals surface area contributed by atoms with Gasteiger partial charge in [-0.15, -0.1) is 0 Å². The molecule has 1 amide bonds. The van der Waals surface area contributed by atoms with Crippen LogP contribution < -0.4 is 0 Å². The van der Waals surface area contributed by atoms with E-state index in [1.807, 2.05) is 17.2 Å². The summed E-state index contributed by atoms with van der Waals surface area (Å²) < 4.78 is 3.06. The number of amides is 1. The van der Waals surface area contributed by atoms with Gasteiger partial charge in [-0.2, -0.15) is 0 Å². The van der Waals surface area contributed by atoms with Crippen molar-refractivity contribution >= 4 is 21.8 Å². The van der Waals surface area contributed by atoms with Crippen molar-refractivity contribution < 1.29 is 4.79 Å². The standard InChI is InChI=1S/C16H25BrN2O/c1-4-8-19-12-13(17)11-14(19)15(20)18-9-6-16(3,5-2)7-10-18/h11-12H,4-10H2,1-3H3. The van der Waals surface area contributed by atoms with Gasteiger partial charge >= 0.3 is 0 Å². The summed E-state index contributed by atoms with van der Waals surface area (Å²) in [4.78, 5) is 14.7. The second-order valence-electron chi connectivity index (χ2n) is 6.19. The summed E-state index contributed by atoms with van der Waals surface area (Å²) in [5, 5.41) is 0. The van der Waals surface area contributed by atoms with Crippen LogP contribution in [-0.4, -0.2) is 28.5 Å². The van der Waals surface area contributed by atoms with Crippen molar-refractivity contribution in [3.05, 3.63) is 22.4 Å². The number of halogens is 1. The van der Waals surface area contributed by atoms with Crippen LogP contribution in [0, 0.1) is 5.41 Å². The lowest BCUT2D eigenvalue weighted by atomic mass is 9.78. The van der Waals surface area contributed by atoms with Gasteiger partial charge in [0.05, 0.1) is 0 Å². The number of carbonyl (C=O) groups excluding carboxylic acids is 1. The Hall–Kier alpha value is -0.770. The van der Waals surface area contributed by atoms with Crippen LogP contribution in [0.4, 0.5) is 0 Å². The van der Waals surface area contributed by atoms with Gasteiger partial charge in [0.25, 0.3) is 5.91 Å². The van der Waals surface area contributed by atoms with Gasteiger partial charge in [-0.25, -0.2) is 0 Å². The molecule has 0 saturated carbocycles. The lowest BCUT2D eigenvalue weighted by molar-refractivity contribution is 0.0590. The molecular weight excluding hydrogens is 316 g/mol. The lowest BCUT2D eigenvalue weighted by Gasteiger charge is -2.39. The zero-order valence-electron chi connectivity index (χ0n) is 12.8. The summed E-state index contributed by atoms with van der Waals surface area (Å²) in [5.74, 6) is 0.183. The smallest absolute Gasteiger partial charge is 0.270 e. The summed E-state index contributed by atoms with van der Waals surface area (Å²) in [6.07, 6.45) is 6.48. The summed E-state index contributed by atoms with van der Waals surface area (Å²) in [6, 6.07) is 1.95. The molecule has 1 aliphatic heterocycles. The monoisotopic (exact) mass is 340 g/mol. The Balaban J connectivity index is 2.09. The van der Waals surface area contributed by atoms with E-state index in [0.717, 1.165) is 49.1 Å². The Kier molecular flexibility index (Phi) is 4.95. The zero-order chi connectivity index (χ0) is 14.8. The molecule has 3 nitrogen and oxygen atoms in total. The van der Waals surface area contributed by atoms with E-state index in [4.69, 9.17) is 0 Å². The van der Waals surface area contributed by atoms with Crippen molar-refractivity contribution in [2.45, 2.75) is 53.0 Å². The molecule has 2 heterocycles. The minimum Gasteiger partial charge on any atom is -0.342 e. The van der Waals surface area contributed by atoms with E-state index >= 15 is 0 Å². The normalized spacial score (nSPS) is 18.3. The van der Waals surface area contributed by atoms with Crippen LogP contribution in [-0.2, 0) is 6.54 Å². The molecule has 0 spiro atoms. The van der Waals surface area contributed by atoms with Crippen molar-refractivity contribution in [2.24, 2.45) is 5.41 Å². The van der Waals surface area contributed by atoms with E-state index in [1.165, 1.54) is 6.42 Å². The van der Waals surface area contributed by atoms with Crippen molar-refractivity contribution in [3.8, 4) is 0 Å². The van der Waals surface area contributed by atoms with Crippen LogP contribution in [0.25, 0.3) is 0 Å². The molecule has 0 atom stereocenters. The van der Waals surface area contributed by atoms with Crippen molar-refractivity contribution in [2.75, 3.05) is 13.1 Å². The maximum absolute atomic E-state index is 12.7. The molecule has 1 aliphatic rings. The average molecular weight is 341 g/mol. The largest absolute Gasteiger partial charge is 0.342 e. The molecule has 1 fully saturated rings. The highest BCUT2D eigenvalue weighted by Gasteiger charge is 2.31. The third-order valence-electron chi connectivity index (χ3n) is 4.66. The summed E-state index contributed by atoms with van der Waals surface area (Å²) in [7, 11) is 0. The molecule has 112 valence electrons. The lowest BCUT2D eigenvalue weighted by Crippen LogP contribution is -2.42. The summed E-state index contributed by atoms with van der Waals surface area (Å²) in [6.45, 7) is 9.39. The van der Waals surface area contributed by atoms with E-state index in [0.29, 0.717) is 5.41 Å². The van der Waals surface area contributed by atoms with Gasteiger partial charge in [-0.1, -0.05) is 27.2 Å². The van der Waals surface area contributed by atoms with Gasteiger partial charge in [-0.05, 0) is 46.7 Å². The number of carbonyl (C=O) groups is 1. The maximum atomic E-state index is 12.7. The number of likely N-dealkylation sites (tertiary alicyclic amines) is 1. The van der Waals surface area contributed by atoms with Crippen LogP contribution in [0.5, 0.6) is 0 Å². The van der Waals surface area contributed by atoms with Crippen molar-refractivity contribution in [1.29, 1.82) is 0 Å². The minimum absolute atomic E-state index is 0.183. The third-order valence-corrected chi connectivity index (χ3v) is 5.09. The maximum Gasteiger partial charge on any atom is 0.270 e. The van der Waals surface area contributed by atoms with Crippen molar-refractivity contribution in [3.63, 3.8) is 0 Å². The first-order valence-corrected chi connectivity index (χ1v) is 8.43. The fourth-order valence-electron chi connectivity index (χ4n) is 2.84. The molecule has 0 bridgehead atoms. The number of nitrogens with zero attached hydrogens (tertiary/aromatic N) is 2. The predicted octanol–water partition coefficient (Wildman–Crippen LogP) is 4.31. The number of hydrogen-bond donors (Lipinski definition) is 0. The first-order chi connectivity index (χ1) is 9.49. The molecular formula is C16H25BrN2O. The quantitative estimate of drug-likeness (QED) is 0.801. The van der Waals surface area contributed by atoms with Gasteiger partial charge in [0.2, 0.25) is 0 Å². The van der Waals surface area contributed by atoms with E-state index in [9.17, 15) is 4.79 Å². The number of aromatic nitrogens is 1. The van der Waals surface area contributed by atoms with E-state index < -0.39 is 0 Å². The molecule has 1 saturated heterocycles. The van der Waals surface area contributed by atoms with Crippen LogP contribution in [0.15, 0.2) is 16.7 Å². The van der Waals surface area contributed by atoms with Crippen LogP contribution in [0.1, 0.15) is 56.9 Å². The van der Waals surface area contributed by atoms with Crippen LogP contribution in [0.2, 0.25) is 0 Å². The Morgan fingerprint density at radius 3 is 2.55 bits per heavy atom. The van der Waals surface area contributed by atoms with E-state index in [-0.39, 0.29) is 5.91 Å². The van der Waals surface area contributed by atoms with Gasteiger partial charge in [0.1, 0.15) is 5.69 Å². The summed E-state index contributed by atoms with van der Waals surface area (Å²) in [5.41, 5.74) is 1.24. The fraction of sp³-hybridized carbons (Fsp3) is 0.688. The molecule has 4 heteroatoms. The van der Waals surface area contributed by atoms with Gasteiger partial charge < -0.3 is 9.47 Å². The van der Waals surface area contributed by atoms with Crippen LogP contribution >= 0.6 is 15.9 Å². The van der Waals surface area contributed by atoms with Gasteiger partial charge in [0, 0.05) is 30.3 Å². The van der Waals surface area contributed by atoms with Crippen molar-refractivity contribution in [1.82, 2.24) is 9.47 Å². The second kappa shape index (κ2) is 6.33. The predicted molar refractivity (Wildman–Crippen MR) is 86.0 cm³/mol. The number of piperidine rings is 1. The Labute approximate surface area is 130 Å². The molecule has 1 aromatic heterocycles. The first-order valence-electron chi connectivity index (χ1n) is 7.64. The molecule has 0 unspecified atom stereocenters. The van der Waals surface area contributed by atoms with Gasteiger partial charge in [0.15, 0.2) is 0 Å². The fourth-order valence-corrected chi connectivity index (χ4v) is 3.31. The van der Waals surface area contributed by atoms with Gasteiger partial charge in [-0.3, -0.25) is 4.79 Å². The highest BCUT2D eigenvalue weighted by Crippen LogP contribution is 2.34. The van der Waals surface area contributed by atoms with E-state index in [1.54, 1.807) is 0 Å². The zero-order valence-corrected chi connectivity index (χ0v) is 14.4. The topological polar surface area (TPSA) is 25.2 Å². The van der Waals surface area contributed by atoms with E-state index in [2.05, 4.69) is 41.3 Å². The minimum atomic E-state index is 0.183. The number of aryl methyl sites for hydroxylation is 1. The molecule has 0 radical (unpaired) electrons. The molecule has 0 aromatic carbocycles. The third kappa shape index (κ3) is 3.27. The second-order valence-corrected chi connectivity index (χ2v) is 7.11. The molecule has 1 aromatic rings. The summed E-state index contributed by atoms with van der Waals surface area (Å²) >= 11 is 3.48. The Morgan fingerprint density at radius 1 is 1.35 bits per heavy atom. The molecule has 20 heavy (non-hydrogen) atoms. The highest BCUT2D eigenvalue weighted by molar-refractivity contribution is 9.10. The Morgan fingerprint density at radius 2 is 2.00 bits per heavy atom. The highest BCUT2D eigenvalue weighted by atomic mass is 79.9. The SMILES string of the molecule is CCCn1cc(Br)cc1C(=O)N1CCC(C)(CC)CC1. The number of hydrogen-bond acceptors (Lipinski definition) is 1.